The Morgan fingerprint density at radius 3 is 2.62 bits per heavy atom. The zero-order valence-electron chi connectivity index (χ0n) is 15.2. The van der Waals surface area contributed by atoms with E-state index in [-0.39, 0.29) is 5.88 Å². The quantitative estimate of drug-likeness (QED) is 0.663. The molecule has 6 nitrogen and oxygen atoms in total. The van der Waals surface area contributed by atoms with Gasteiger partial charge in [0.25, 0.3) is 0 Å². The molecule has 0 saturated heterocycles. The molecular weight excluding hydrogens is 330 g/mol. The first kappa shape index (κ1) is 17.9. The van der Waals surface area contributed by atoms with Crippen molar-refractivity contribution in [3.8, 4) is 17.1 Å². The summed E-state index contributed by atoms with van der Waals surface area (Å²) in [6.45, 7) is 7.07. The van der Waals surface area contributed by atoms with Crippen molar-refractivity contribution < 1.29 is 14.6 Å². The van der Waals surface area contributed by atoms with Crippen LogP contribution in [-0.2, 0) is 11.3 Å². The number of rotatable bonds is 6. The molecule has 0 radical (unpaired) electrons. The van der Waals surface area contributed by atoms with Gasteiger partial charge in [-0.2, -0.15) is 0 Å². The Morgan fingerprint density at radius 1 is 1.23 bits per heavy atom. The summed E-state index contributed by atoms with van der Waals surface area (Å²) in [5.41, 5.74) is 3.52. The minimum atomic E-state index is -0.416. The Balaban J connectivity index is 1.99. The van der Waals surface area contributed by atoms with Crippen molar-refractivity contribution in [2.24, 2.45) is 0 Å². The maximum atomic E-state index is 11.8. The van der Waals surface area contributed by atoms with Crippen LogP contribution in [0.3, 0.4) is 0 Å². The first-order valence-corrected chi connectivity index (χ1v) is 8.68. The second-order valence-electron chi connectivity index (χ2n) is 6.11. The fourth-order valence-corrected chi connectivity index (χ4v) is 3.05. The van der Waals surface area contributed by atoms with E-state index in [1.54, 1.807) is 18.2 Å². The van der Waals surface area contributed by atoms with E-state index >= 15 is 0 Å². The summed E-state index contributed by atoms with van der Waals surface area (Å²) in [7, 11) is 1.35. The Labute approximate surface area is 152 Å². The summed E-state index contributed by atoms with van der Waals surface area (Å²) in [6, 6.07) is 9.03. The predicted molar refractivity (Wildman–Crippen MR) is 101 cm³/mol. The monoisotopic (exact) mass is 353 g/mol. The van der Waals surface area contributed by atoms with Gasteiger partial charge in [-0.25, -0.2) is 4.79 Å². The molecule has 136 valence electrons. The van der Waals surface area contributed by atoms with E-state index in [2.05, 4.69) is 28.7 Å². The van der Waals surface area contributed by atoms with Gasteiger partial charge in [0.05, 0.1) is 23.9 Å². The standard InChI is InChI=1S/C20H23N3O3/c1-4-23(5-2)12-13-6-8-17(21-11-13)18-15-10-14(20(25)26-3)7-9-16(15)22-19(18)24/h6-11,22,24H,4-5,12H2,1-3H3. The highest BCUT2D eigenvalue weighted by Gasteiger charge is 2.16. The Kier molecular flexibility index (Phi) is 5.23. The van der Waals surface area contributed by atoms with Crippen LogP contribution in [-0.4, -0.2) is 46.1 Å². The predicted octanol–water partition coefficient (Wildman–Crippen LogP) is 3.56. The van der Waals surface area contributed by atoms with E-state index in [1.165, 1.54) is 7.11 Å². The van der Waals surface area contributed by atoms with E-state index in [0.29, 0.717) is 16.8 Å². The Bertz CT molecular complexity index is 912. The molecule has 6 heteroatoms. The number of ether oxygens (including phenoxy) is 1. The van der Waals surface area contributed by atoms with E-state index in [9.17, 15) is 9.90 Å². The van der Waals surface area contributed by atoms with Crippen LogP contribution in [0.2, 0.25) is 0 Å². The maximum Gasteiger partial charge on any atom is 0.337 e. The lowest BCUT2D eigenvalue weighted by Crippen LogP contribution is -2.22. The number of nitrogens with zero attached hydrogens (tertiary/aromatic N) is 2. The van der Waals surface area contributed by atoms with Crippen LogP contribution < -0.4 is 0 Å². The first-order chi connectivity index (χ1) is 12.6. The van der Waals surface area contributed by atoms with Crippen molar-refractivity contribution in [1.82, 2.24) is 14.9 Å². The highest BCUT2D eigenvalue weighted by atomic mass is 16.5. The third-order valence-electron chi connectivity index (χ3n) is 4.58. The molecule has 2 heterocycles. The zero-order chi connectivity index (χ0) is 18.7. The molecule has 0 atom stereocenters. The van der Waals surface area contributed by atoms with Crippen molar-refractivity contribution in [1.29, 1.82) is 0 Å². The lowest BCUT2D eigenvalue weighted by Gasteiger charge is -2.17. The zero-order valence-corrected chi connectivity index (χ0v) is 15.2. The van der Waals surface area contributed by atoms with E-state index in [0.717, 1.165) is 36.1 Å². The van der Waals surface area contributed by atoms with Crippen molar-refractivity contribution >= 4 is 16.9 Å². The number of pyridine rings is 1. The van der Waals surface area contributed by atoms with Crippen LogP contribution >= 0.6 is 0 Å². The van der Waals surface area contributed by atoms with Crippen LogP contribution in [0.5, 0.6) is 5.88 Å². The minimum Gasteiger partial charge on any atom is -0.494 e. The van der Waals surface area contributed by atoms with Gasteiger partial charge in [0.1, 0.15) is 0 Å². The van der Waals surface area contributed by atoms with E-state index < -0.39 is 5.97 Å². The molecule has 0 aliphatic heterocycles. The van der Waals surface area contributed by atoms with Gasteiger partial charge >= 0.3 is 5.97 Å². The number of nitrogens with one attached hydrogen (secondary N) is 1. The number of esters is 1. The highest BCUT2D eigenvalue weighted by Crippen LogP contribution is 2.36. The molecule has 0 saturated carbocycles. The smallest absolute Gasteiger partial charge is 0.337 e. The lowest BCUT2D eigenvalue weighted by molar-refractivity contribution is 0.0601. The molecular formula is C20H23N3O3. The summed E-state index contributed by atoms with van der Waals surface area (Å²) in [6.07, 6.45) is 1.83. The average molecular weight is 353 g/mol. The fraction of sp³-hybridized carbons (Fsp3) is 0.300. The first-order valence-electron chi connectivity index (χ1n) is 8.68. The second-order valence-corrected chi connectivity index (χ2v) is 6.11. The number of aromatic hydroxyl groups is 1. The van der Waals surface area contributed by atoms with Crippen molar-refractivity contribution in [2.75, 3.05) is 20.2 Å². The molecule has 0 fully saturated rings. The van der Waals surface area contributed by atoms with E-state index in [4.69, 9.17) is 4.74 Å². The summed E-state index contributed by atoms with van der Waals surface area (Å²) in [5.74, 6) is -0.382. The largest absolute Gasteiger partial charge is 0.494 e. The molecule has 0 aliphatic rings. The fourth-order valence-electron chi connectivity index (χ4n) is 3.05. The van der Waals surface area contributed by atoms with E-state index in [1.807, 2.05) is 18.3 Å². The highest BCUT2D eigenvalue weighted by molar-refractivity contribution is 6.02. The number of fused-ring (bicyclic) bond motifs is 1. The third kappa shape index (κ3) is 3.41. The van der Waals surface area contributed by atoms with Gasteiger partial charge in [0.15, 0.2) is 5.88 Å². The molecule has 0 spiro atoms. The summed E-state index contributed by atoms with van der Waals surface area (Å²) < 4.78 is 4.78. The SMILES string of the molecule is CCN(CC)Cc1ccc(-c2c(O)[nH]c3ccc(C(=O)OC)cc23)nc1. The molecule has 0 bridgehead atoms. The van der Waals surface area contributed by atoms with Gasteiger partial charge in [0.2, 0.25) is 0 Å². The Morgan fingerprint density at radius 2 is 2.00 bits per heavy atom. The van der Waals surface area contributed by atoms with Crippen LogP contribution in [0.25, 0.3) is 22.2 Å². The molecule has 1 aromatic carbocycles. The lowest BCUT2D eigenvalue weighted by atomic mass is 10.1. The number of hydrogen-bond donors (Lipinski definition) is 2. The second kappa shape index (κ2) is 7.58. The van der Waals surface area contributed by atoms with Crippen molar-refractivity contribution in [3.63, 3.8) is 0 Å². The topological polar surface area (TPSA) is 78.5 Å². The van der Waals surface area contributed by atoms with Crippen molar-refractivity contribution in [3.05, 3.63) is 47.7 Å². The van der Waals surface area contributed by atoms with Gasteiger partial charge in [-0.15, -0.1) is 0 Å². The summed E-state index contributed by atoms with van der Waals surface area (Å²) in [5, 5.41) is 11.1. The molecule has 2 N–H and O–H groups in total. The van der Waals surface area contributed by atoms with Gasteiger partial charge in [-0.05, 0) is 42.9 Å². The summed E-state index contributed by atoms with van der Waals surface area (Å²) in [4.78, 5) is 21.6. The number of methoxy groups -OCH3 is 1. The Hall–Kier alpha value is -2.86. The number of carbonyl (C=O) groups is 1. The number of benzene rings is 1. The van der Waals surface area contributed by atoms with Gasteiger partial charge in [-0.3, -0.25) is 9.88 Å². The minimum absolute atomic E-state index is 0.0333. The number of aromatic amines is 1. The summed E-state index contributed by atoms with van der Waals surface area (Å²) >= 11 is 0. The number of hydrogen-bond acceptors (Lipinski definition) is 5. The van der Waals surface area contributed by atoms with Crippen LogP contribution in [0.1, 0.15) is 29.8 Å². The molecule has 0 amide bonds. The van der Waals surface area contributed by atoms with Crippen LogP contribution in [0, 0.1) is 0 Å². The van der Waals surface area contributed by atoms with Gasteiger partial charge in [-0.1, -0.05) is 19.9 Å². The van der Waals surface area contributed by atoms with Gasteiger partial charge in [0, 0.05) is 23.6 Å². The van der Waals surface area contributed by atoms with Crippen LogP contribution in [0.4, 0.5) is 0 Å². The molecule has 26 heavy (non-hydrogen) atoms. The van der Waals surface area contributed by atoms with Gasteiger partial charge < -0.3 is 14.8 Å². The third-order valence-corrected chi connectivity index (χ3v) is 4.58. The molecule has 0 unspecified atom stereocenters. The van der Waals surface area contributed by atoms with Crippen molar-refractivity contribution in [2.45, 2.75) is 20.4 Å². The number of H-pyrrole nitrogens is 1. The maximum absolute atomic E-state index is 11.8. The van der Waals surface area contributed by atoms with Crippen LogP contribution in [0.15, 0.2) is 36.5 Å². The number of carbonyl (C=O) groups excluding carboxylic acids is 1. The normalized spacial score (nSPS) is 11.2. The molecule has 2 aromatic heterocycles. The molecule has 0 aliphatic carbocycles. The number of aromatic nitrogens is 2. The molecule has 3 aromatic rings. The average Bonchev–Trinajstić information content (AvgIpc) is 3.00. The molecule has 3 rings (SSSR count).